The molecule has 0 fully saturated rings. The second-order valence-electron chi connectivity index (χ2n) is 3.13. The van der Waals surface area contributed by atoms with Gasteiger partial charge in [-0.1, -0.05) is 0 Å². The van der Waals surface area contributed by atoms with Crippen LogP contribution in [-0.4, -0.2) is 4.82 Å². The van der Waals surface area contributed by atoms with Crippen molar-refractivity contribution in [1.29, 1.82) is 0 Å². The second-order valence-corrected chi connectivity index (χ2v) is 6.63. The van der Waals surface area contributed by atoms with Gasteiger partial charge >= 0.3 is 79.3 Å². The van der Waals surface area contributed by atoms with Gasteiger partial charge < -0.3 is 24.8 Å². The zero-order chi connectivity index (χ0) is 8.39. The van der Waals surface area contributed by atoms with E-state index in [-0.39, 0.29) is 24.8 Å². The Morgan fingerprint density at radius 3 is 1.64 bits per heavy atom. The number of allylic oxidation sites excluding steroid dienone is 8. The van der Waals surface area contributed by atoms with Crippen molar-refractivity contribution in [3.05, 3.63) is 44.2 Å². The smallest absolute Gasteiger partial charge is 1.00 e. The van der Waals surface area contributed by atoms with Crippen molar-refractivity contribution in [2.75, 3.05) is 0 Å². The van der Waals surface area contributed by atoms with E-state index in [9.17, 15) is 0 Å². The van der Waals surface area contributed by atoms with Crippen molar-refractivity contribution in [2.24, 2.45) is 0 Å². The largest absolute Gasteiger partial charge is 1.00 e. The molecule has 2 aliphatic carbocycles. The van der Waals surface area contributed by atoms with Crippen LogP contribution in [0.25, 0.3) is 0 Å². The van der Waals surface area contributed by atoms with Crippen LogP contribution in [0.1, 0.15) is 12.8 Å². The first-order chi connectivity index (χ1) is 5.88. The Kier molecular flexibility index (Phi) is 6.64. The van der Waals surface area contributed by atoms with Crippen LogP contribution in [0.2, 0.25) is 0 Å². The number of hydrogen-bond acceptors (Lipinski definition) is 0. The van der Waals surface area contributed by atoms with Crippen molar-refractivity contribution in [1.82, 2.24) is 0 Å². The third-order valence-corrected chi connectivity index (χ3v) is 5.90. The molecular weight excluding hydrogens is 251 g/mol. The van der Waals surface area contributed by atoms with E-state index < -0.39 is 17.4 Å². The Bertz CT molecular complexity index is 303. The van der Waals surface area contributed by atoms with E-state index in [0.717, 1.165) is 12.8 Å². The van der Waals surface area contributed by atoms with Crippen molar-refractivity contribution >= 4 is 4.82 Å². The molecule has 3 heteroatoms. The van der Waals surface area contributed by atoms with Gasteiger partial charge in [-0.05, 0) is 0 Å². The van der Waals surface area contributed by atoms with Gasteiger partial charge in [0.05, 0.1) is 0 Å². The average molecular weight is 263 g/mol. The van der Waals surface area contributed by atoms with Crippen LogP contribution >= 0.6 is 0 Å². The van der Waals surface area contributed by atoms with E-state index in [1.54, 1.807) is 7.76 Å². The van der Waals surface area contributed by atoms with E-state index in [0.29, 0.717) is 0 Å². The molecule has 0 atom stereocenters. The molecular formula is C11H12Cl2Ti. The summed E-state index contributed by atoms with van der Waals surface area (Å²) in [7, 11) is 0. The predicted molar refractivity (Wildman–Crippen MR) is 50.8 cm³/mol. The Morgan fingerprint density at radius 1 is 0.929 bits per heavy atom. The maximum Gasteiger partial charge on any atom is -1.00 e. The fourth-order valence-corrected chi connectivity index (χ4v) is 4.26. The molecule has 74 valence electrons. The van der Waals surface area contributed by atoms with Crippen LogP contribution in [0.3, 0.4) is 0 Å². The minimum Gasteiger partial charge on any atom is -1.00 e. The molecule has 0 aromatic carbocycles. The maximum atomic E-state index is 4.35. The first-order valence-electron chi connectivity index (χ1n) is 4.29. The minimum atomic E-state index is -1.23. The molecule has 0 nitrogen and oxygen atoms in total. The second kappa shape index (κ2) is 6.58. The molecule has 0 unspecified atom stereocenters. The van der Waals surface area contributed by atoms with Gasteiger partial charge in [-0.15, -0.1) is 0 Å². The van der Waals surface area contributed by atoms with Gasteiger partial charge in [0.25, 0.3) is 0 Å². The van der Waals surface area contributed by atoms with Crippen LogP contribution in [0, 0.1) is 0 Å². The average Bonchev–Trinajstić information content (AvgIpc) is 2.77. The number of rotatable bonds is 2. The Hall–Kier alpha value is 0.124. The van der Waals surface area contributed by atoms with Gasteiger partial charge in [-0.3, -0.25) is 0 Å². The van der Waals surface area contributed by atoms with E-state index >= 15 is 0 Å². The van der Waals surface area contributed by atoms with Crippen molar-refractivity contribution in [3.8, 4) is 0 Å². The molecule has 0 radical (unpaired) electrons. The first-order valence-corrected chi connectivity index (χ1v) is 6.95. The Balaban J connectivity index is 0.000000845. The molecule has 2 rings (SSSR count). The fourth-order valence-electron chi connectivity index (χ4n) is 1.55. The topological polar surface area (TPSA) is 0 Å². The summed E-state index contributed by atoms with van der Waals surface area (Å²) < 4.78 is 3.23. The van der Waals surface area contributed by atoms with Crippen molar-refractivity contribution < 1.29 is 42.2 Å². The van der Waals surface area contributed by atoms with Gasteiger partial charge in [-0.2, -0.15) is 0 Å². The number of hydrogen-bond donors (Lipinski definition) is 0. The van der Waals surface area contributed by atoms with E-state index in [4.69, 9.17) is 0 Å². The summed E-state index contributed by atoms with van der Waals surface area (Å²) in [6.45, 7) is 0. The predicted octanol–water partition coefficient (Wildman–Crippen LogP) is -3.27. The van der Waals surface area contributed by atoms with Crippen molar-refractivity contribution in [2.45, 2.75) is 12.8 Å². The van der Waals surface area contributed by atoms with Gasteiger partial charge in [0.2, 0.25) is 0 Å². The van der Waals surface area contributed by atoms with Gasteiger partial charge in [-0.25, -0.2) is 0 Å². The fraction of sp³-hybridized carbons (Fsp3) is 0.182. The molecule has 0 N–H and O–H groups in total. The van der Waals surface area contributed by atoms with E-state index in [1.165, 1.54) is 0 Å². The summed E-state index contributed by atoms with van der Waals surface area (Å²) >= 11 is -1.23. The molecule has 0 amide bonds. The molecule has 0 aromatic rings. The van der Waals surface area contributed by atoms with Gasteiger partial charge in [0.15, 0.2) is 0 Å². The SMILES string of the molecule is [CH2]=[Ti+2]([C]1=CC=CC1)[C]1=CC=CC1.[Cl-].[Cl-]. The van der Waals surface area contributed by atoms with Crippen LogP contribution in [0.4, 0.5) is 0 Å². The molecule has 0 saturated carbocycles. The zero-order valence-corrected chi connectivity index (χ0v) is 10.9. The summed E-state index contributed by atoms with van der Waals surface area (Å²) in [5, 5.41) is 0. The monoisotopic (exact) mass is 262 g/mol. The Morgan fingerprint density at radius 2 is 1.36 bits per heavy atom. The molecule has 0 saturated heterocycles. The minimum absolute atomic E-state index is 0. The maximum absolute atomic E-state index is 4.35. The van der Waals surface area contributed by atoms with Gasteiger partial charge in [0, 0.05) is 0 Å². The van der Waals surface area contributed by atoms with Gasteiger partial charge in [0.1, 0.15) is 0 Å². The standard InChI is InChI=1S/2C5H5.CH2.2ClH.Ti/c2*1-2-4-5-3-1;;;;/h2*1-3H,4H2;1H2;2*1H;/q;;;;;+2/p-2. The number of halogens is 2. The molecule has 0 aromatic heterocycles. The third-order valence-electron chi connectivity index (χ3n) is 2.32. The quantitative estimate of drug-likeness (QED) is 0.459. The van der Waals surface area contributed by atoms with Crippen LogP contribution < -0.4 is 24.8 Å². The summed E-state index contributed by atoms with van der Waals surface area (Å²) in [6.07, 6.45) is 15.6. The van der Waals surface area contributed by atoms with E-state index in [2.05, 4.69) is 41.3 Å². The molecule has 14 heavy (non-hydrogen) atoms. The molecule has 0 heterocycles. The zero-order valence-electron chi connectivity index (χ0n) is 7.84. The van der Waals surface area contributed by atoms with E-state index in [1.807, 2.05) is 0 Å². The summed E-state index contributed by atoms with van der Waals surface area (Å²) in [4.78, 5) is 4.35. The van der Waals surface area contributed by atoms with Crippen LogP contribution in [0.5, 0.6) is 0 Å². The molecule has 0 aliphatic heterocycles. The Labute approximate surface area is 104 Å². The van der Waals surface area contributed by atoms with Crippen LogP contribution in [-0.2, 0) is 17.4 Å². The summed E-state index contributed by atoms with van der Waals surface area (Å²) in [6, 6.07) is 0. The third kappa shape index (κ3) is 3.07. The van der Waals surface area contributed by atoms with Crippen molar-refractivity contribution in [3.63, 3.8) is 0 Å². The first kappa shape index (κ1) is 14.1. The van der Waals surface area contributed by atoms with Crippen LogP contribution in [0.15, 0.2) is 44.2 Å². The molecule has 0 bridgehead atoms. The summed E-state index contributed by atoms with van der Waals surface area (Å²) in [5.74, 6) is 0. The molecule has 2 aliphatic rings. The molecule has 0 spiro atoms. The summed E-state index contributed by atoms with van der Waals surface area (Å²) in [5.41, 5.74) is 0. The normalized spacial score (nSPS) is 16.2.